The highest BCUT2D eigenvalue weighted by atomic mass is 19.2. The van der Waals surface area contributed by atoms with E-state index in [0.29, 0.717) is 6.54 Å². The summed E-state index contributed by atoms with van der Waals surface area (Å²) < 4.78 is 27.1. The number of nitriles is 1. The summed E-state index contributed by atoms with van der Waals surface area (Å²) in [5.41, 5.74) is -0.657. The Bertz CT molecular complexity index is 471. The van der Waals surface area contributed by atoms with Crippen molar-refractivity contribution in [3.05, 3.63) is 29.3 Å². The van der Waals surface area contributed by atoms with Gasteiger partial charge in [0.15, 0.2) is 11.6 Å². The molecular weight excluding hydrogens is 250 g/mol. The molecule has 0 fully saturated rings. The summed E-state index contributed by atoms with van der Waals surface area (Å²) in [6, 6.07) is 4.16. The number of hydrogen-bond acceptors (Lipinski definition) is 3. The molecule has 19 heavy (non-hydrogen) atoms. The Labute approximate surface area is 111 Å². The minimum atomic E-state index is -1.14. The number of nitrogens with zero attached hydrogens (tertiary/aromatic N) is 1. The van der Waals surface area contributed by atoms with Crippen LogP contribution in [0.4, 0.5) is 14.5 Å². The Kier molecular flexibility index (Phi) is 5.25. The molecule has 0 unspecified atom stereocenters. The Morgan fingerprint density at radius 1 is 1.26 bits per heavy atom. The first-order valence-electron chi connectivity index (χ1n) is 6.26. The molecule has 0 amide bonds. The normalized spacial score (nSPS) is 11.2. The lowest BCUT2D eigenvalue weighted by Gasteiger charge is -2.30. The van der Waals surface area contributed by atoms with Gasteiger partial charge in [-0.2, -0.15) is 5.26 Å². The van der Waals surface area contributed by atoms with Gasteiger partial charge >= 0.3 is 0 Å². The van der Waals surface area contributed by atoms with E-state index in [9.17, 15) is 13.9 Å². The molecule has 0 radical (unpaired) electrons. The van der Waals surface area contributed by atoms with E-state index in [1.807, 2.05) is 13.8 Å². The maximum Gasteiger partial charge on any atom is 0.183 e. The van der Waals surface area contributed by atoms with Crippen LogP contribution >= 0.6 is 0 Å². The number of aliphatic hydroxyl groups excluding tert-OH is 1. The fourth-order valence-corrected chi connectivity index (χ4v) is 1.83. The molecule has 0 saturated heterocycles. The smallest absolute Gasteiger partial charge is 0.183 e. The van der Waals surface area contributed by atoms with Crippen molar-refractivity contribution in [1.82, 2.24) is 0 Å². The van der Waals surface area contributed by atoms with Crippen LogP contribution in [-0.4, -0.2) is 18.3 Å². The van der Waals surface area contributed by atoms with Crippen LogP contribution in [0.1, 0.15) is 32.3 Å². The van der Waals surface area contributed by atoms with Crippen molar-refractivity contribution in [2.75, 3.05) is 18.5 Å². The van der Waals surface area contributed by atoms with Crippen molar-refractivity contribution in [3.8, 4) is 6.07 Å². The van der Waals surface area contributed by atoms with Crippen LogP contribution in [-0.2, 0) is 0 Å². The molecule has 0 heterocycles. The summed E-state index contributed by atoms with van der Waals surface area (Å²) >= 11 is 0. The second-order valence-electron chi connectivity index (χ2n) is 4.62. The Morgan fingerprint density at radius 2 is 1.89 bits per heavy atom. The SMILES string of the molecule is CCC(CC)(CO)CNc1ccc(C#N)c(F)c1F. The molecule has 0 aliphatic rings. The van der Waals surface area contributed by atoms with Crippen LogP contribution in [0.15, 0.2) is 12.1 Å². The van der Waals surface area contributed by atoms with Gasteiger partial charge in [-0.05, 0) is 25.0 Å². The second-order valence-corrected chi connectivity index (χ2v) is 4.62. The van der Waals surface area contributed by atoms with Crippen LogP contribution in [0.2, 0.25) is 0 Å². The van der Waals surface area contributed by atoms with Gasteiger partial charge in [0.05, 0.1) is 17.9 Å². The monoisotopic (exact) mass is 268 g/mol. The zero-order chi connectivity index (χ0) is 14.5. The fraction of sp³-hybridized carbons (Fsp3) is 0.500. The van der Waals surface area contributed by atoms with Crippen molar-refractivity contribution in [2.24, 2.45) is 5.41 Å². The average Bonchev–Trinajstić information content (AvgIpc) is 2.45. The zero-order valence-corrected chi connectivity index (χ0v) is 11.1. The molecule has 104 valence electrons. The van der Waals surface area contributed by atoms with Crippen molar-refractivity contribution >= 4 is 5.69 Å². The molecule has 1 aromatic carbocycles. The predicted molar refractivity (Wildman–Crippen MR) is 69.7 cm³/mol. The molecule has 0 bridgehead atoms. The van der Waals surface area contributed by atoms with Crippen molar-refractivity contribution in [3.63, 3.8) is 0 Å². The van der Waals surface area contributed by atoms with Gasteiger partial charge in [0, 0.05) is 12.0 Å². The van der Waals surface area contributed by atoms with Crippen molar-refractivity contribution in [2.45, 2.75) is 26.7 Å². The Hall–Kier alpha value is -1.67. The summed E-state index contributed by atoms with van der Waals surface area (Å²) in [6.45, 7) is 4.21. The highest BCUT2D eigenvalue weighted by Gasteiger charge is 2.25. The number of anilines is 1. The van der Waals surface area contributed by atoms with Gasteiger partial charge in [-0.3, -0.25) is 0 Å². The van der Waals surface area contributed by atoms with E-state index in [2.05, 4.69) is 5.32 Å². The minimum Gasteiger partial charge on any atom is -0.396 e. The van der Waals surface area contributed by atoms with Crippen LogP contribution in [0.5, 0.6) is 0 Å². The van der Waals surface area contributed by atoms with Crippen LogP contribution in [0.25, 0.3) is 0 Å². The van der Waals surface area contributed by atoms with E-state index in [-0.39, 0.29) is 23.3 Å². The van der Waals surface area contributed by atoms with Crippen LogP contribution in [0, 0.1) is 28.4 Å². The molecule has 3 nitrogen and oxygen atoms in total. The number of rotatable bonds is 6. The number of hydrogen-bond donors (Lipinski definition) is 2. The predicted octanol–water partition coefficient (Wildman–Crippen LogP) is 3.05. The summed E-state index contributed by atoms with van der Waals surface area (Å²) in [7, 11) is 0. The maximum atomic E-state index is 13.7. The summed E-state index contributed by atoms with van der Waals surface area (Å²) in [5.74, 6) is -2.20. The van der Waals surface area contributed by atoms with Gasteiger partial charge in [0.1, 0.15) is 6.07 Å². The molecule has 1 aromatic rings. The number of aliphatic hydroxyl groups is 1. The van der Waals surface area contributed by atoms with E-state index >= 15 is 0 Å². The summed E-state index contributed by atoms with van der Waals surface area (Å²) in [5, 5.41) is 20.8. The lowest BCUT2D eigenvalue weighted by atomic mass is 9.83. The van der Waals surface area contributed by atoms with E-state index in [4.69, 9.17) is 5.26 Å². The van der Waals surface area contributed by atoms with Gasteiger partial charge in [-0.15, -0.1) is 0 Å². The van der Waals surface area contributed by atoms with Gasteiger partial charge in [0.2, 0.25) is 0 Å². The second kappa shape index (κ2) is 6.48. The zero-order valence-electron chi connectivity index (χ0n) is 11.1. The summed E-state index contributed by atoms with van der Waals surface area (Å²) in [6.07, 6.45) is 1.46. The standard InChI is InChI=1S/C14H18F2N2O/c1-3-14(4-2,9-19)8-18-11-6-5-10(7-17)12(15)13(11)16/h5-6,18-19H,3-4,8-9H2,1-2H3. The van der Waals surface area contributed by atoms with Gasteiger partial charge < -0.3 is 10.4 Å². The Balaban J connectivity index is 2.90. The highest BCUT2D eigenvalue weighted by Crippen LogP contribution is 2.27. The average molecular weight is 268 g/mol. The third-order valence-corrected chi connectivity index (χ3v) is 3.69. The van der Waals surface area contributed by atoms with Gasteiger partial charge in [-0.25, -0.2) is 8.78 Å². The first-order valence-corrected chi connectivity index (χ1v) is 6.26. The van der Waals surface area contributed by atoms with E-state index < -0.39 is 11.6 Å². The molecule has 0 spiro atoms. The molecule has 1 rings (SSSR count). The van der Waals surface area contributed by atoms with Crippen molar-refractivity contribution < 1.29 is 13.9 Å². The minimum absolute atomic E-state index is 0.0104. The summed E-state index contributed by atoms with van der Waals surface area (Å²) in [4.78, 5) is 0. The molecule has 0 atom stereocenters. The molecule has 5 heteroatoms. The molecule has 0 aromatic heterocycles. The third kappa shape index (κ3) is 3.21. The van der Waals surface area contributed by atoms with E-state index in [1.54, 1.807) is 6.07 Å². The number of benzene rings is 1. The lowest BCUT2D eigenvalue weighted by molar-refractivity contribution is 0.127. The van der Waals surface area contributed by atoms with Crippen LogP contribution < -0.4 is 5.32 Å². The van der Waals surface area contributed by atoms with E-state index in [1.165, 1.54) is 12.1 Å². The van der Waals surface area contributed by atoms with Crippen molar-refractivity contribution in [1.29, 1.82) is 5.26 Å². The molecule has 2 N–H and O–H groups in total. The lowest BCUT2D eigenvalue weighted by Crippen LogP contribution is -2.32. The number of halogens is 2. The maximum absolute atomic E-state index is 13.7. The largest absolute Gasteiger partial charge is 0.396 e. The molecule has 0 aliphatic carbocycles. The molecule has 0 saturated carbocycles. The van der Waals surface area contributed by atoms with Gasteiger partial charge in [0.25, 0.3) is 0 Å². The highest BCUT2D eigenvalue weighted by molar-refractivity contribution is 5.49. The first kappa shape index (κ1) is 15.4. The first-order chi connectivity index (χ1) is 9.03. The third-order valence-electron chi connectivity index (χ3n) is 3.69. The molecular formula is C14H18F2N2O. The topological polar surface area (TPSA) is 56.0 Å². The van der Waals surface area contributed by atoms with E-state index in [0.717, 1.165) is 12.8 Å². The fourth-order valence-electron chi connectivity index (χ4n) is 1.83. The van der Waals surface area contributed by atoms with Gasteiger partial charge in [-0.1, -0.05) is 13.8 Å². The number of nitrogens with one attached hydrogen (secondary N) is 1. The quantitative estimate of drug-likeness (QED) is 0.833. The molecule has 0 aliphatic heterocycles. The van der Waals surface area contributed by atoms with Crippen LogP contribution in [0.3, 0.4) is 0 Å². The Morgan fingerprint density at radius 3 is 2.37 bits per heavy atom.